The SMILES string of the molecule is CCCCc1cc(=O)oc2cc(O[C@@H](C)C(=O)NCC(=O)NCC(=O)O)ccc12. The molecule has 0 aliphatic carbocycles. The average molecular weight is 404 g/mol. The van der Waals surface area contributed by atoms with Crippen LogP contribution in [0.15, 0.2) is 33.5 Å². The molecule has 0 aliphatic rings. The zero-order valence-electron chi connectivity index (χ0n) is 16.3. The molecular weight excluding hydrogens is 380 g/mol. The fraction of sp³-hybridized carbons (Fsp3) is 0.400. The molecule has 9 nitrogen and oxygen atoms in total. The molecule has 9 heteroatoms. The van der Waals surface area contributed by atoms with Crippen molar-refractivity contribution in [3.63, 3.8) is 0 Å². The van der Waals surface area contributed by atoms with E-state index in [-0.39, 0.29) is 6.54 Å². The average Bonchev–Trinajstić information content (AvgIpc) is 2.68. The van der Waals surface area contributed by atoms with E-state index < -0.39 is 36.1 Å². The maximum Gasteiger partial charge on any atom is 0.336 e. The highest BCUT2D eigenvalue weighted by molar-refractivity contribution is 5.88. The third-order valence-electron chi connectivity index (χ3n) is 4.14. The van der Waals surface area contributed by atoms with Crippen molar-refractivity contribution in [1.82, 2.24) is 10.6 Å². The van der Waals surface area contributed by atoms with Gasteiger partial charge in [0.25, 0.3) is 5.91 Å². The van der Waals surface area contributed by atoms with Gasteiger partial charge < -0.3 is 24.9 Å². The van der Waals surface area contributed by atoms with Crippen LogP contribution in [-0.4, -0.2) is 42.1 Å². The van der Waals surface area contributed by atoms with Crippen LogP contribution >= 0.6 is 0 Å². The van der Waals surface area contributed by atoms with Crippen molar-refractivity contribution < 1.29 is 28.6 Å². The van der Waals surface area contributed by atoms with Gasteiger partial charge >= 0.3 is 11.6 Å². The lowest BCUT2D eigenvalue weighted by atomic mass is 10.0. The van der Waals surface area contributed by atoms with Gasteiger partial charge in [0, 0.05) is 17.5 Å². The molecule has 3 N–H and O–H groups in total. The van der Waals surface area contributed by atoms with E-state index >= 15 is 0 Å². The molecule has 2 aromatic rings. The van der Waals surface area contributed by atoms with Crippen molar-refractivity contribution in [3.8, 4) is 5.75 Å². The van der Waals surface area contributed by atoms with Crippen LogP contribution in [-0.2, 0) is 20.8 Å². The van der Waals surface area contributed by atoms with E-state index in [9.17, 15) is 19.2 Å². The van der Waals surface area contributed by atoms with Gasteiger partial charge in [-0.3, -0.25) is 14.4 Å². The molecule has 0 radical (unpaired) electrons. The number of benzene rings is 1. The van der Waals surface area contributed by atoms with E-state index in [1.165, 1.54) is 13.0 Å². The van der Waals surface area contributed by atoms with Gasteiger partial charge in [-0.25, -0.2) is 4.79 Å². The number of amides is 2. The smallest absolute Gasteiger partial charge is 0.336 e. The maximum absolute atomic E-state index is 12.1. The summed E-state index contributed by atoms with van der Waals surface area (Å²) in [5.74, 6) is -2.01. The molecule has 0 saturated heterocycles. The molecule has 0 bridgehead atoms. The molecule has 1 aromatic carbocycles. The van der Waals surface area contributed by atoms with E-state index in [1.807, 2.05) is 0 Å². The van der Waals surface area contributed by atoms with Crippen LogP contribution in [0, 0.1) is 0 Å². The molecule has 1 heterocycles. The summed E-state index contributed by atoms with van der Waals surface area (Å²) in [6.45, 7) is 2.68. The number of fused-ring (bicyclic) bond motifs is 1. The summed E-state index contributed by atoms with van der Waals surface area (Å²) in [5.41, 5.74) is 0.837. The molecule has 2 amide bonds. The Kier molecular flexibility index (Phi) is 7.76. The quantitative estimate of drug-likeness (QED) is 0.507. The van der Waals surface area contributed by atoms with Gasteiger partial charge in [0.05, 0.1) is 6.54 Å². The highest BCUT2D eigenvalue weighted by Crippen LogP contribution is 2.24. The minimum Gasteiger partial charge on any atom is -0.481 e. The molecule has 156 valence electrons. The fourth-order valence-electron chi connectivity index (χ4n) is 2.66. The van der Waals surface area contributed by atoms with E-state index in [2.05, 4.69) is 17.6 Å². The Labute approximate surface area is 167 Å². The number of hydrogen-bond acceptors (Lipinski definition) is 6. The molecule has 29 heavy (non-hydrogen) atoms. The van der Waals surface area contributed by atoms with E-state index in [0.717, 1.165) is 30.2 Å². The predicted octanol–water partition coefficient (Wildman–Crippen LogP) is 1.22. The first kappa shape index (κ1) is 21.9. The molecule has 1 atom stereocenters. The van der Waals surface area contributed by atoms with E-state index in [4.69, 9.17) is 14.3 Å². The summed E-state index contributed by atoms with van der Waals surface area (Å²) in [7, 11) is 0. The lowest BCUT2D eigenvalue weighted by Gasteiger charge is -2.15. The maximum atomic E-state index is 12.1. The second-order valence-corrected chi connectivity index (χ2v) is 6.50. The normalized spacial score (nSPS) is 11.7. The standard InChI is InChI=1S/C20H24N2O7/c1-3-4-5-13-8-19(26)29-16-9-14(6-7-15(13)16)28-12(2)20(27)22-10-17(23)21-11-18(24)25/h6-9,12H,3-5,10-11H2,1-2H3,(H,21,23)(H,22,27)(H,24,25)/t12-/m0/s1. The predicted molar refractivity (Wildman–Crippen MR) is 105 cm³/mol. The summed E-state index contributed by atoms with van der Waals surface area (Å²) < 4.78 is 10.8. The van der Waals surface area contributed by atoms with Gasteiger partial charge in [-0.1, -0.05) is 13.3 Å². The first-order chi connectivity index (χ1) is 13.8. The Bertz CT molecular complexity index is 951. The van der Waals surface area contributed by atoms with Gasteiger partial charge in [0.2, 0.25) is 5.91 Å². The van der Waals surface area contributed by atoms with Crippen molar-refractivity contribution in [1.29, 1.82) is 0 Å². The zero-order valence-corrected chi connectivity index (χ0v) is 16.3. The van der Waals surface area contributed by atoms with Crippen LogP contribution in [0.1, 0.15) is 32.3 Å². The van der Waals surface area contributed by atoms with Gasteiger partial charge in [0.1, 0.15) is 17.9 Å². The fourth-order valence-corrected chi connectivity index (χ4v) is 2.66. The molecule has 0 aliphatic heterocycles. The number of unbranched alkanes of at least 4 members (excludes halogenated alkanes) is 1. The lowest BCUT2D eigenvalue weighted by Crippen LogP contribution is -2.43. The molecule has 1 aromatic heterocycles. The summed E-state index contributed by atoms with van der Waals surface area (Å²) >= 11 is 0. The number of carbonyl (C=O) groups excluding carboxylic acids is 2. The van der Waals surface area contributed by atoms with Crippen molar-refractivity contribution in [2.75, 3.05) is 13.1 Å². The van der Waals surface area contributed by atoms with Crippen molar-refractivity contribution in [2.24, 2.45) is 0 Å². The van der Waals surface area contributed by atoms with Crippen molar-refractivity contribution >= 4 is 28.8 Å². The van der Waals surface area contributed by atoms with Crippen LogP contribution < -0.4 is 21.0 Å². The number of carbonyl (C=O) groups is 3. The topological polar surface area (TPSA) is 135 Å². The number of aliphatic carboxylic acids is 1. The van der Waals surface area contributed by atoms with Crippen LogP contribution in [0.5, 0.6) is 5.75 Å². The Balaban J connectivity index is 2.01. The second kappa shape index (κ2) is 10.3. The Hall–Kier alpha value is -3.36. The highest BCUT2D eigenvalue weighted by Gasteiger charge is 2.17. The van der Waals surface area contributed by atoms with Gasteiger partial charge in [0.15, 0.2) is 6.10 Å². The number of ether oxygens (including phenoxy) is 1. The minimum absolute atomic E-state index is 0.339. The van der Waals surface area contributed by atoms with Crippen LogP contribution in [0.25, 0.3) is 11.0 Å². The van der Waals surface area contributed by atoms with E-state index in [0.29, 0.717) is 11.3 Å². The highest BCUT2D eigenvalue weighted by atomic mass is 16.5. The molecule has 0 spiro atoms. The second-order valence-electron chi connectivity index (χ2n) is 6.50. The number of carboxylic acid groups (broad SMARTS) is 1. The molecule has 0 saturated carbocycles. The van der Waals surface area contributed by atoms with Crippen molar-refractivity contribution in [3.05, 3.63) is 40.2 Å². The third-order valence-corrected chi connectivity index (χ3v) is 4.14. The molecular formula is C20H24N2O7. The van der Waals surface area contributed by atoms with Crippen LogP contribution in [0.4, 0.5) is 0 Å². The van der Waals surface area contributed by atoms with Crippen molar-refractivity contribution in [2.45, 2.75) is 39.2 Å². The summed E-state index contributed by atoms with van der Waals surface area (Å²) in [6.07, 6.45) is 1.80. The van der Waals surface area contributed by atoms with Crippen LogP contribution in [0.3, 0.4) is 0 Å². The summed E-state index contributed by atoms with van der Waals surface area (Å²) in [4.78, 5) is 45.7. The number of carboxylic acids is 1. The number of rotatable bonds is 10. The summed E-state index contributed by atoms with van der Waals surface area (Å²) in [5, 5.41) is 13.8. The van der Waals surface area contributed by atoms with Gasteiger partial charge in [-0.2, -0.15) is 0 Å². The molecule has 2 rings (SSSR count). The first-order valence-electron chi connectivity index (χ1n) is 9.29. The van der Waals surface area contributed by atoms with Crippen LogP contribution in [0.2, 0.25) is 0 Å². The lowest BCUT2D eigenvalue weighted by molar-refractivity contribution is -0.137. The zero-order chi connectivity index (χ0) is 21.4. The Morgan fingerprint density at radius 3 is 2.62 bits per heavy atom. The number of hydrogen-bond donors (Lipinski definition) is 3. The Morgan fingerprint density at radius 1 is 1.17 bits per heavy atom. The Morgan fingerprint density at radius 2 is 1.93 bits per heavy atom. The van der Waals surface area contributed by atoms with Gasteiger partial charge in [-0.05, 0) is 37.5 Å². The molecule has 0 fully saturated rings. The molecule has 0 unspecified atom stereocenters. The van der Waals surface area contributed by atoms with E-state index in [1.54, 1.807) is 18.2 Å². The number of nitrogens with one attached hydrogen (secondary N) is 2. The number of aryl methyl sites for hydroxylation is 1. The first-order valence-corrected chi connectivity index (χ1v) is 9.29. The van der Waals surface area contributed by atoms with Gasteiger partial charge in [-0.15, -0.1) is 0 Å². The summed E-state index contributed by atoms with van der Waals surface area (Å²) in [6, 6.07) is 6.50. The minimum atomic E-state index is -1.18. The monoisotopic (exact) mass is 404 g/mol. The third kappa shape index (κ3) is 6.63. The largest absolute Gasteiger partial charge is 0.481 e.